The fourth-order valence-electron chi connectivity index (χ4n) is 5.17. The van der Waals surface area contributed by atoms with Crippen molar-refractivity contribution < 1.29 is 57.0 Å². The Morgan fingerprint density at radius 1 is 1.18 bits per heavy atom. The fourth-order valence-corrected chi connectivity index (χ4v) is 7.96. The van der Waals surface area contributed by atoms with Crippen LogP contribution in [0.4, 0.5) is 10.6 Å². The molecule has 5 heterocycles. The Morgan fingerprint density at radius 3 is 2.70 bits per heavy atom. The van der Waals surface area contributed by atoms with Crippen molar-refractivity contribution in [2.24, 2.45) is 0 Å². The van der Waals surface area contributed by atoms with Crippen molar-refractivity contribution in [3.05, 3.63) is 45.8 Å². The van der Waals surface area contributed by atoms with E-state index in [2.05, 4.69) is 19.9 Å². The minimum absolute atomic E-state index is 0.0391. The molecule has 5 N–H and O–H groups in total. The second kappa shape index (κ2) is 16.7. The van der Waals surface area contributed by atoms with Crippen LogP contribution in [-0.4, -0.2) is 122 Å². The highest BCUT2D eigenvalue weighted by Crippen LogP contribution is 2.63. The third kappa shape index (κ3) is 8.88. The summed E-state index contributed by atoms with van der Waals surface area (Å²) in [6.45, 7) is -2.29. The molecule has 2 aliphatic rings. The van der Waals surface area contributed by atoms with Crippen LogP contribution in [0, 0.1) is 0 Å². The zero-order valence-corrected chi connectivity index (χ0v) is 28.8. The number of hydrogen-bond donors (Lipinski definition) is 4. The van der Waals surface area contributed by atoms with E-state index in [0.717, 1.165) is 10.6 Å². The van der Waals surface area contributed by atoms with Gasteiger partial charge in [0.25, 0.3) is 5.56 Å². The number of nitrogen functional groups attached to an aromatic ring is 1. The first-order valence-corrected chi connectivity index (χ1v) is 18.4. The zero-order chi connectivity index (χ0) is 36.0. The molecule has 2 aliphatic heterocycles. The molecule has 1 unspecified atom stereocenters. The SMILES string of the molecule is COCCO[C@@H]1[C@H](OP(=O)(OC[C@H]2O[C@@H](n3cnc4c(N)ncnc43)C[C@@H]2O)SCOC(=O)OC(C)C)[C@@H](CO)O[C@H]1n1ccc(=O)[nH]c1=O. The smallest absolute Gasteiger partial charge is 0.432 e. The van der Waals surface area contributed by atoms with Gasteiger partial charge in [0, 0.05) is 37.2 Å². The zero-order valence-electron chi connectivity index (χ0n) is 27.1. The number of aliphatic hydroxyl groups excluding tert-OH is 2. The van der Waals surface area contributed by atoms with Crippen molar-refractivity contribution in [1.82, 2.24) is 29.1 Å². The van der Waals surface area contributed by atoms with Crippen molar-refractivity contribution in [2.45, 2.75) is 69.3 Å². The van der Waals surface area contributed by atoms with E-state index in [1.54, 1.807) is 18.4 Å². The minimum atomic E-state index is -4.44. The number of rotatable bonds is 16. The lowest BCUT2D eigenvalue weighted by molar-refractivity contribution is -0.0814. The number of aromatic nitrogens is 6. The number of H-pyrrole nitrogens is 1. The number of anilines is 1. The molecule has 0 bridgehead atoms. The Hall–Kier alpha value is -3.44. The van der Waals surface area contributed by atoms with Gasteiger partial charge < -0.3 is 44.4 Å². The lowest BCUT2D eigenvalue weighted by Gasteiger charge is -2.28. The summed E-state index contributed by atoms with van der Waals surface area (Å²) in [6, 6.07) is 1.09. The molecular formula is C27H38N7O14PS. The third-order valence-corrected chi connectivity index (χ3v) is 10.8. The van der Waals surface area contributed by atoms with Crippen molar-refractivity contribution in [2.75, 3.05) is 45.2 Å². The van der Waals surface area contributed by atoms with Crippen molar-refractivity contribution in [1.29, 1.82) is 0 Å². The summed E-state index contributed by atoms with van der Waals surface area (Å²) in [5.41, 5.74) is 5.11. The molecule has 0 saturated carbocycles. The van der Waals surface area contributed by atoms with E-state index in [1.165, 1.54) is 26.0 Å². The summed E-state index contributed by atoms with van der Waals surface area (Å²) in [6.07, 6.45) is -5.51. The van der Waals surface area contributed by atoms with Crippen molar-refractivity contribution in [3.8, 4) is 0 Å². The van der Waals surface area contributed by atoms with Gasteiger partial charge in [-0.1, -0.05) is 0 Å². The molecular weight excluding hydrogens is 709 g/mol. The van der Waals surface area contributed by atoms with E-state index < -0.39 is 92.4 Å². The van der Waals surface area contributed by atoms with Gasteiger partial charge in [0.15, 0.2) is 23.6 Å². The lowest BCUT2D eigenvalue weighted by Crippen LogP contribution is -2.41. The molecule has 3 aromatic rings. The summed E-state index contributed by atoms with van der Waals surface area (Å²) in [7, 11) is 1.44. The number of ether oxygens (including phenoxy) is 6. The van der Waals surface area contributed by atoms with Gasteiger partial charge in [-0.2, -0.15) is 0 Å². The average Bonchev–Trinajstić information content (AvgIpc) is 3.75. The standard InChI is InChI=1S/C27H38N7O14PS/c1-14(2)45-27(39)43-13-50-49(40,44-10-17-15(36)8-19(46-17)34-12-31-20-23(28)29-11-30-24(20)34)48-21-16(9-35)47-25(22(21)42-7-6-41-3)33-5-4-18(37)32-26(33)38/h4-5,11-12,14-17,19,21-22,25,35-36H,6-10,13H2,1-3H3,(H2,28,29,30)(H,32,37,38)/t15-,16+,17+,19+,21+,22+,25+,49?/m0/s1. The number of carbonyl (C=O) groups is 1. The van der Waals surface area contributed by atoms with Crippen LogP contribution in [0.3, 0.4) is 0 Å². The van der Waals surface area contributed by atoms with Gasteiger partial charge in [-0.25, -0.2) is 29.1 Å². The van der Waals surface area contributed by atoms with Gasteiger partial charge in [-0.15, -0.1) is 0 Å². The number of methoxy groups -OCH3 is 1. The maximum Gasteiger partial charge on any atom is 0.509 e. The number of imidazole rings is 1. The van der Waals surface area contributed by atoms with Gasteiger partial charge in [-0.05, 0) is 13.8 Å². The highest BCUT2D eigenvalue weighted by atomic mass is 32.7. The maximum atomic E-state index is 14.4. The monoisotopic (exact) mass is 747 g/mol. The maximum absolute atomic E-state index is 14.4. The van der Waals surface area contributed by atoms with Crippen LogP contribution in [0.15, 0.2) is 34.5 Å². The van der Waals surface area contributed by atoms with Crippen molar-refractivity contribution in [3.63, 3.8) is 0 Å². The Labute approximate surface area is 287 Å². The number of carbonyl (C=O) groups excluding carboxylic acids is 1. The predicted molar refractivity (Wildman–Crippen MR) is 172 cm³/mol. The van der Waals surface area contributed by atoms with Crippen LogP contribution in [0.1, 0.15) is 32.7 Å². The summed E-state index contributed by atoms with van der Waals surface area (Å²) >= 11 is 0.469. The highest BCUT2D eigenvalue weighted by molar-refractivity contribution is 8.55. The molecule has 8 atom stereocenters. The largest absolute Gasteiger partial charge is 0.509 e. The number of nitrogens with two attached hydrogens (primary N) is 1. The first-order chi connectivity index (χ1) is 23.9. The van der Waals surface area contributed by atoms with Crippen LogP contribution in [-0.2, 0) is 42.0 Å². The lowest BCUT2D eigenvalue weighted by atomic mass is 10.1. The Morgan fingerprint density at radius 2 is 1.98 bits per heavy atom. The Bertz CT molecular complexity index is 1770. The number of aliphatic hydroxyl groups is 2. The molecule has 2 saturated heterocycles. The number of aromatic amines is 1. The predicted octanol–water partition coefficient (Wildman–Crippen LogP) is 0.291. The van der Waals surface area contributed by atoms with E-state index >= 15 is 0 Å². The van der Waals surface area contributed by atoms with Gasteiger partial charge >= 0.3 is 18.6 Å². The molecule has 5 rings (SSSR count). The van der Waals surface area contributed by atoms with Crippen LogP contribution in [0.25, 0.3) is 11.2 Å². The molecule has 0 amide bonds. The Balaban J connectivity index is 1.37. The minimum Gasteiger partial charge on any atom is -0.432 e. The number of nitrogens with zero attached hydrogens (tertiary/aromatic N) is 5. The topological polar surface area (TPSA) is 273 Å². The highest BCUT2D eigenvalue weighted by Gasteiger charge is 2.51. The molecule has 21 nitrogen and oxygen atoms in total. The summed E-state index contributed by atoms with van der Waals surface area (Å²) in [4.78, 5) is 50.9. The normalized spacial score (nSPS) is 26.4. The van der Waals surface area contributed by atoms with Gasteiger partial charge in [0.2, 0.25) is 0 Å². The molecule has 23 heteroatoms. The van der Waals surface area contributed by atoms with E-state index in [-0.39, 0.29) is 25.5 Å². The summed E-state index contributed by atoms with van der Waals surface area (Å²) in [5.74, 6) is -0.395. The van der Waals surface area contributed by atoms with E-state index in [9.17, 15) is 29.2 Å². The molecule has 276 valence electrons. The molecule has 0 radical (unpaired) electrons. The molecule has 0 aromatic carbocycles. The molecule has 0 aliphatic carbocycles. The van der Waals surface area contributed by atoms with Crippen LogP contribution < -0.4 is 17.0 Å². The molecule has 2 fully saturated rings. The third-order valence-electron chi connectivity index (χ3n) is 7.46. The summed E-state index contributed by atoms with van der Waals surface area (Å²) < 4.78 is 61.8. The number of nitrogens with one attached hydrogen (secondary N) is 1. The second-order valence-corrected chi connectivity index (χ2v) is 15.2. The first kappa shape index (κ1) is 37.8. The van der Waals surface area contributed by atoms with Crippen LogP contribution in [0.5, 0.6) is 0 Å². The van der Waals surface area contributed by atoms with E-state index in [4.69, 9.17) is 43.2 Å². The van der Waals surface area contributed by atoms with Gasteiger partial charge in [0.1, 0.15) is 42.5 Å². The first-order valence-electron chi connectivity index (χ1n) is 15.3. The second-order valence-electron chi connectivity index (χ2n) is 11.2. The van der Waals surface area contributed by atoms with E-state index in [1.807, 2.05) is 0 Å². The molecule has 3 aromatic heterocycles. The fraction of sp³-hybridized carbons (Fsp3) is 0.630. The molecule has 0 spiro atoms. The van der Waals surface area contributed by atoms with Gasteiger partial charge in [-0.3, -0.25) is 28.0 Å². The quantitative estimate of drug-likeness (QED) is 0.0663. The summed E-state index contributed by atoms with van der Waals surface area (Å²) in [5, 5.41) is 21.1. The van der Waals surface area contributed by atoms with Crippen molar-refractivity contribution >= 4 is 41.3 Å². The molecule has 50 heavy (non-hydrogen) atoms. The van der Waals surface area contributed by atoms with Crippen LogP contribution in [0.2, 0.25) is 0 Å². The van der Waals surface area contributed by atoms with Crippen LogP contribution >= 0.6 is 18.2 Å². The Kier molecular flexibility index (Phi) is 12.6. The number of fused-ring (bicyclic) bond motifs is 1. The number of hydrogen-bond acceptors (Lipinski definition) is 19. The van der Waals surface area contributed by atoms with Gasteiger partial charge in [0.05, 0.1) is 45.0 Å². The van der Waals surface area contributed by atoms with E-state index in [0.29, 0.717) is 22.5 Å². The average molecular weight is 748 g/mol.